The van der Waals surface area contributed by atoms with E-state index in [-0.39, 0.29) is 22.8 Å². The maximum absolute atomic E-state index is 12.4. The number of rotatable bonds is 5. The van der Waals surface area contributed by atoms with Crippen molar-refractivity contribution in [1.82, 2.24) is 0 Å². The lowest BCUT2D eigenvalue weighted by Crippen LogP contribution is -2.14. The summed E-state index contributed by atoms with van der Waals surface area (Å²) in [4.78, 5) is 12.2. The van der Waals surface area contributed by atoms with Gasteiger partial charge in [0.05, 0.1) is 12.0 Å². The van der Waals surface area contributed by atoms with Crippen molar-refractivity contribution < 1.29 is 22.7 Å². The molecule has 25 heavy (non-hydrogen) atoms. The van der Waals surface area contributed by atoms with Crippen LogP contribution in [-0.2, 0) is 21.4 Å². The van der Waals surface area contributed by atoms with Gasteiger partial charge in [0.25, 0.3) is 0 Å². The van der Waals surface area contributed by atoms with Gasteiger partial charge in [-0.2, -0.15) is 0 Å². The zero-order valence-electron chi connectivity index (χ0n) is 13.3. The number of fused-ring (bicyclic) bond motifs is 1. The second kappa shape index (κ2) is 6.83. The summed E-state index contributed by atoms with van der Waals surface area (Å²) in [5.74, 6) is -0.467. The monoisotopic (exact) mass is 377 g/mol. The predicted molar refractivity (Wildman–Crippen MR) is 95.3 cm³/mol. The smallest absolute Gasteiger partial charge is 0.342 e. The molecule has 1 heterocycles. The second-order valence-electron chi connectivity index (χ2n) is 5.24. The van der Waals surface area contributed by atoms with Crippen LogP contribution in [0.25, 0.3) is 10.1 Å². The standard InChI is InChI=1S/C17H15NO5S2/c1-22-15-7-6-12(25(18,20)21)8-14(15)17(19)23-9-11-10-24-16-5-3-2-4-13(11)16/h2-8,10H,9H2,1H3,(H2,18,20,21). The first-order chi connectivity index (χ1) is 11.9. The Labute approximate surface area is 148 Å². The first-order valence-electron chi connectivity index (χ1n) is 7.23. The van der Waals surface area contributed by atoms with E-state index in [4.69, 9.17) is 14.6 Å². The van der Waals surface area contributed by atoms with Crippen LogP contribution in [0.5, 0.6) is 5.75 Å². The van der Waals surface area contributed by atoms with E-state index in [0.717, 1.165) is 21.7 Å². The molecule has 1 aromatic heterocycles. The molecule has 0 unspecified atom stereocenters. The SMILES string of the molecule is COc1ccc(S(N)(=O)=O)cc1C(=O)OCc1csc2ccccc12. The van der Waals surface area contributed by atoms with Crippen molar-refractivity contribution >= 4 is 37.4 Å². The normalized spacial score (nSPS) is 11.4. The Kier molecular flexibility index (Phi) is 4.76. The van der Waals surface area contributed by atoms with Gasteiger partial charge in [0, 0.05) is 10.3 Å². The fourth-order valence-electron chi connectivity index (χ4n) is 2.39. The fourth-order valence-corrected chi connectivity index (χ4v) is 3.88. The summed E-state index contributed by atoms with van der Waals surface area (Å²) in [6.45, 7) is 0.0750. The van der Waals surface area contributed by atoms with Crippen molar-refractivity contribution in [3.63, 3.8) is 0 Å². The van der Waals surface area contributed by atoms with Crippen molar-refractivity contribution in [2.24, 2.45) is 5.14 Å². The Morgan fingerprint density at radius 1 is 1.20 bits per heavy atom. The summed E-state index contributed by atoms with van der Waals surface area (Å²) in [6, 6.07) is 11.6. The van der Waals surface area contributed by atoms with Gasteiger partial charge in [-0.3, -0.25) is 0 Å². The molecular formula is C17H15NO5S2. The van der Waals surface area contributed by atoms with Gasteiger partial charge in [-0.15, -0.1) is 11.3 Å². The molecule has 0 aliphatic rings. The van der Waals surface area contributed by atoms with Crippen LogP contribution in [0.1, 0.15) is 15.9 Å². The quantitative estimate of drug-likeness (QED) is 0.690. The third kappa shape index (κ3) is 3.65. The number of hydrogen-bond acceptors (Lipinski definition) is 6. The number of ether oxygens (including phenoxy) is 2. The van der Waals surface area contributed by atoms with E-state index in [1.54, 1.807) is 11.3 Å². The Hall–Kier alpha value is -2.42. The molecule has 0 spiro atoms. The molecule has 0 saturated heterocycles. The molecule has 0 aliphatic carbocycles. The molecule has 0 atom stereocenters. The first-order valence-corrected chi connectivity index (χ1v) is 9.66. The van der Waals surface area contributed by atoms with E-state index in [2.05, 4.69) is 0 Å². The highest BCUT2D eigenvalue weighted by molar-refractivity contribution is 7.89. The predicted octanol–water partition coefficient (Wildman–Crippen LogP) is 2.91. The molecule has 3 aromatic rings. The minimum absolute atomic E-state index is 0.00793. The molecular weight excluding hydrogens is 362 g/mol. The molecule has 0 bridgehead atoms. The highest BCUT2D eigenvalue weighted by Gasteiger charge is 2.19. The van der Waals surface area contributed by atoms with Crippen molar-refractivity contribution in [2.45, 2.75) is 11.5 Å². The number of primary sulfonamides is 1. The summed E-state index contributed by atoms with van der Waals surface area (Å²) < 4.78 is 34.5. The molecule has 0 fully saturated rings. The molecule has 0 aliphatic heterocycles. The maximum atomic E-state index is 12.4. The highest BCUT2D eigenvalue weighted by atomic mass is 32.2. The van der Waals surface area contributed by atoms with Crippen molar-refractivity contribution in [3.05, 3.63) is 59.0 Å². The van der Waals surface area contributed by atoms with Crippen LogP contribution in [0.3, 0.4) is 0 Å². The van der Waals surface area contributed by atoms with E-state index < -0.39 is 16.0 Å². The van der Waals surface area contributed by atoms with E-state index in [1.165, 1.54) is 19.2 Å². The number of carbonyl (C=O) groups excluding carboxylic acids is 1. The van der Waals surface area contributed by atoms with Crippen LogP contribution in [0.15, 0.2) is 52.7 Å². The van der Waals surface area contributed by atoms with Crippen LogP contribution >= 0.6 is 11.3 Å². The van der Waals surface area contributed by atoms with E-state index >= 15 is 0 Å². The maximum Gasteiger partial charge on any atom is 0.342 e. The van der Waals surface area contributed by atoms with Gasteiger partial charge in [0.1, 0.15) is 17.9 Å². The Balaban J connectivity index is 1.85. The van der Waals surface area contributed by atoms with Crippen LogP contribution in [-0.4, -0.2) is 21.5 Å². The number of nitrogens with two attached hydrogens (primary N) is 1. The molecule has 6 nitrogen and oxygen atoms in total. The molecule has 0 saturated carbocycles. The van der Waals surface area contributed by atoms with Crippen molar-refractivity contribution in [1.29, 1.82) is 0 Å². The van der Waals surface area contributed by atoms with Crippen molar-refractivity contribution in [2.75, 3.05) is 7.11 Å². The average Bonchev–Trinajstić information content (AvgIpc) is 3.01. The highest BCUT2D eigenvalue weighted by Crippen LogP contribution is 2.27. The lowest BCUT2D eigenvalue weighted by Gasteiger charge is -2.10. The third-order valence-electron chi connectivity index (χ3n) is 3.64. The van der Waals surface area contributed by atoms with E-state index in [0.29, 0.717) is 0 Å². The number of hydrogen-bond donors (Lipinski definition) is 1. The number of carbonyl (C=O) groups is 1. The summed E-state index contributed by atoms with van der Waals surface area (Å²) in [7, 11) is -2.55. The minimum Gasteiger partial charge on any atom is -0.496 e. The number of thiophene rings is 1. The van der Waals surface area contributed by atoms with Crippen LogP contribution in [0, 0.1) is 0 Å². The van der Waals surface area contributed by atoms with Crippen LogP contribution in [0.2, 0.25) is 0 Å². The molecule has 3 rings (SSSR count). The van der Waals surface area contributed by atoms with E-state index in [9.17, 15) is 13.2 Å². The summed E-state index contributed by atoms with van der Waals surface area (Å²) in [5.41, 5.74) is 0.893. The molecule has 2 N–H and O–H groups in total. The van der Waals surface area contributed by atoms with Gasteiger partial charge in [-0.25, -0.2) is 18.4 Å². The molecule has 2 aromatic carbocycles. The third-order valence-corrected chi connectivity index (χ3v) is 5.56. The number of sulfonamides is 1. The minimum atomic E-state index is -3.93. The average molecular weight is 377 g/mol. The Morgan fingerprint density at radius 3 is 2.68 bits per heavy atom. The van der Waals surface area contributed by atoms with Gasteiger partial charge in [0.15, 0.2) is 0 Å². The zero-order chi connectivity index (χ0) is 18.0. The van der Waals surface area contributed by atoms with Gasteiger partial charge >= 0.3 is 5.97 Å². The first kappa shape index (κ1) is 17.4. The fraction of sp³-hybridized carbons (Fsp3) is 0.118. The molecule has 0 radical (unpaired) electrons. The summed E-state index contributed by atoms with van der Waals surface area (Å²) in [5, 5.41) is 8.06. The zero-order valence-corrected chi connectivity index (χ0v) is 14.9. The topological polar surface area (TPSA) is 95.7 Å². The number of methoxy groups -OCH3 is 1. The van der Waals surface area contributed by atoms with E-state index in [1.807, 2.05) is 29.6 Å². The second-order valence-corrected chi connectivity index (χ2v) is 7.71. The Bertz CT molecular complexity index is 1040. The molecule has 130 valence electrons. The van der Waals surface area contributed by atoms with Crippen LogP contribution in [0.4, 0.5) is 0 Å². The molecule has 0 amide bonds. The summed E-state index contributed by atoms with van der Waals surface area (Å²) >= 11 is 1.56. The van der Waals surface area contributed by atoms with Crippen LogP contribution < -0.4 is 9.88 Å². The summed E-state index contributed by atoms with van der Waals surface area (Å²) in [6.07, 6.45) is 0. The Morgan fingerprint density at radius 2 is 1.96 bits per heavy atom. The van der Waals surface area contributed by atoms with Gasteiger partial charge in [-0.1, -0.05) is 18.2 Å². The van der Waals surface area contributed by atoms with Crippen molar-refractivity contribution in [3.8, 4) is 5.75 Å². The lowest BCUT2D eigenvalue weighted by molar-refractivity contribution is 0.0471. The van der Waals surface area contributed by atoms with Gasteiger partial charge < -0.3 is 9.47 Å². The number of esters is 1. The number of benzene rings is 2. The molecule has 8 heteroatoms. The largest absolute Gasteiger partial charge is 0.496 e. The lowest BCUT2D eigenvalue weighted by atomic mass is 10.2. The van der Waals surface area contributed by atoms with Gasteiger partial charge in [-0.05, 0) is 35.0 Å². The van der Waals surface area contributed by atoms with Gasteiger partial charge in [0.2, 0.25) is 10.0 Å².